The minimum Gasteiger partial charge on any atom is -0.358 e. The molecule has 0 saturated heterocycles. The van der Waals surface area contributed by atoms with Gasteiger partial charge < -0.3 is 10.6 Å². The van der Waals surface area contributed by atoms with Crippen LogP contribution < -0.4 is 10.6 Å². The Morgan fingerprint density at radius 3 is 1.97 bits per heavy atom. The lowest BCUT2D eigenvalue weighted by molar-refractivity contribution is -0.137. The van der Waals surface area contributed by atoms with Crippen LogP contribution in [0.15, 0.2) is 78.9 Å². The van der Waals surface area contributed by atoms with E-state index in [-0.39, 0.29) is 11.8 Å². The molecule has 2 atom stereocenters. The van der Waals surface area contributed by atoms with Gasteiger partial charge in [0.1, 0.15) is 6.04 Å². The van der Waals surface area contributed by atoms with Crippen molar-refractivity contribution in [3.05, 3.63) is 106 Å². The topological polar surface area (TPSA) is 41.1 Å². The van der Waals surface area contributed by atoms with Crippen molar-refractivity contribution >= 4 is 17.5 Å². The lowest BCUT2D eigenvalue weighted by atomic mass is 9.88. The molecule has 0 heterocycles. The Morgan fingerprint density at radius 1 is 0.875 bits per heavy atom. The zero-order chi connectivity index (χ0) is 23.1. The fourth-order valence-electron chi connectivity index (χ4n) is 3.65. The fraction of sp³-hybridized carbons (Fsp3) is 0.240. The highest BCUT2D eigenvalue weighted by atomic mass is 35.5. The lowest BCUT2D eigenvalue weighted by Crippen LogP contribution is -2.36. The molecule has 0 saturated carbocycles. The van der Waals surface area contributed by atoms with Crippen LogP contribution >= 0.6 is 11.6 Å². The number of carbonyl (C=O) groups is 1. The summed E-state index contributed by atoms with van der Waals surface area (Å²) in [6, 6.07) is 21.3. The first-order valence-corrected chi connectivity index (χ1v) is 10.6. The molecule has 0 aliphatic carbocycles. The monoisotopic (exact) mass is 460 g/mol. The van der Waals surface area contributed by atoms with Crippen LogP contribution in [0.5, 0.6) is 0 Å². The van der Waals surface area contributed by atoms with E-state index < -0.39 is 17.8 Å². The molecule has 7 heteroatoms. The molecule has 32 heavy (non-hydrogen) atoms. The number of alkyl halides is 3. The van der Waals surface area contributed by atoms with Gasteiger partial charge in [-0.15, -0.1) is 0 Å². The Kier molecular flexibility index (Phi) is 7.94. The molecule has 0 aliphatic heterocycles. The molecule has 0 aromatic heterocycles. The van der Waals surface area contributed by atoms with E-state index in [4.69, 9.17) is 11.6 Å². The summed E-state index contributed by atoms with van der Waals surface area (Å²) in [4.78, 5) is 12.4. The molecule has 3 rings (SSSR count). The van der Waals surface area contributed by atoms with Crippen molar-refractivity contribution in [3.63, 3.8) is 0 Å². The summed E-state index contributed by atoms with van der Waals surface area (Å²) < 4.78 is 39.0. The minimum absolute atomic E-state index is 0.159. The standard InChI is InChI=1S/C25H24ClF3N2O/c1-30-24(32)23(19-5-3-2-4-6-19)31-16-15-22(18-9-13-21(26)14-10-18)17-7-11-20(12-8-17)25(27,28)29/h2-14,22-23,31H,15-16H2,1H3,(H,30,32)/t22-,23-/m1/s1. The molecule has 0 radical (unpaired) electrons. The van der Waals surface area contributed by atoms with Crippen LogP contribution in [-0.2, 0) is 11.0 Å². The number of likely N-dealkylation sites (N-methyl/N-ethyl adjacent to an activating group) is 1. The van der Waals surface area contributed by atoms with Gasteiger partial charge in [0, 0.05) is 18.0 Å². The van der Waals surface area contributed by atoms with Crippen molar-refractivity contribution in [3.8, 4) is 0 Å². The fourth-order valence-corrected chi connectivity index (χ4v) is 3.78. The van der Waals surface area contributed by atoms with Crippen LogP contribution in [0.4, 0.5) is 13.2 Å². The van der Waals surface area contributed by atoms with Gasteiger partial charge in [-0.1, -0.05) is 66.2 Å². The normalized spacial score (nSPS) is 13.4. The summed E-state index contributed by atoms with van der Waals surface area (Å²) in [6.45, 7) is 0.474. The SMILES string of the molecule is CNC(=O)[C@H](NCC[C@@H](c1ccc(Cl)cc1)c1ccc(C(F)(F)F)cc1)c1ccccc1. The number of hydrogen-bond donors (Lipinski definition) is 2. The largest absolute Gasteiger partial charge is 0.416 e. The zero-order valence-corrected chi connectivity index (χ0v) is 18.3. The summed E-state index contributed by atoms with van der Waals surface area (Å²) in [5.74, 6) is -0.322. The first-order valence-electron chi connectivity index (χ1n) is 10.2. The molecule has 0 unspecified atom stereocenters. The van der Waals surface area contributed by atoms with E-state index >= 15 is 0 Å². The predicted octanol–water partition coefficient (Wildman–Crippen LogP) is 5.96. The summed E-state index contributed by atoms with van der Waals surface area (Å²) in [5.41, 5.74) is 1.85. The van der Waals surface area contributed by atoms with Crippen molar-refractivity contribution in [2.75, 3.05) is 13.6 Å². The third kappa shape index (κ3) is 6.11. The Morgan fingerprint density at radius 2 is 1.44 bits per heavy atom. The van der Waals surface area contributed by atoms with Gasteiger partial charge in [0.25, 0.3) is 0 Å². The Labute approximate surface area is 190 Å². The molecule has 0 aliphatic rings. The van der Waals surface area contributed by atoms with Crippen molar-refractivity contribution in [2.24, 2.45) is 0 Å². The number of amides is 1. The maximum atomic E-state index is 13.0. The summed E-state index contributed by atoms with van der Waals surface area (Å²) in [5, 5.41) is 6.54. The van der Waals surface area contributed by atoms with Crippen LogP contribution in [0.1, 0.15) is 40.6 Å². The van der Waals surface area contributed by atoms with E-state index in [1.807, 2.05) is 42.5 Å². The van der Waals surface area contributed by atoms with Crippen molar-refractivity contribution < 1.29 is 18.0 Å². The first kappa shape index (κ1) is 23.8. The second kappa shape index (κ2) is 10.7. The number of benzene rings is 3. The van der Waals surface area contributed by atoms with E-state index in [1.54, 1.807) is 19.2 Å². The van der Waals surface area contributed by atoms with Crippen LogP contribution in [0, 0.1) is 0 Å². The molecule has 0 spiro atoms. The highest BCUT2D eigenvalue weighted by molar-refractivity contribution is 6.30. The van der Waals surface area contributed by atoms with Crippen LogP contribution in [0.25, 0.3) is 0 Å². The maximum Gasteiger partial charge on any atom is 0.416 e. The molecular weight excluding hydrogens is 437 g/mol. The molecule has 2 N–H and O–H groups in total. The molecule has 1 amide bonds. The molecule has 0 fully saturated rings. The predicted molar refractivity (Wildman–Crippen MR) is 121 cm³/mol. The van der Waals surface area contributed by atoms with Crippen LogP contribution in [0.3, 0.4) is 0 Å². The van der Waals surface area contributed by atoms with Crippen molar-refractivity contribution in [1.82, 2.24) is 10.6 Å². The number of halogens is 4. The average molecular weight is 461 g/mol. The van der Waals surface area contributed by atoms with Gasteiger partial charge in [-0.3, -0.25) is 4.79 Å². The van der Waals surface area contributed by atoms with Gasteiger partial charge in [-0.25, -0.2) is 0 Å². The van der Waals surface area contributed by atoms with Crippen molar-refractivity contribution in [2.45, 2.75) is 24.6 Å². The number of hydrogen-bond acceptors (Lipinski definition) is 2. The van der Waals surface area contributed by atoms with Gasteiger partial charge >= 0.3 is 6.18 Å². The third-order valence-corrected chi connectivity index (χ3v) is 5.59. The highest BCUT2D eigenvalue weighted by Crippen LogP contribution is 2.33. The van der Waals surface area contributed by atoms with E-state index in [2.05, 4.69) is 10.6 Å². The number of rotatable bonds is 8. The van der Waals surface area contributed by atoms with E-state index in [0.717, 1.165) is 28.8 Å². The molecule has 3 aromatic rings. The zero-order valence-electron chi connectivity index (χ0n) is 17.5. The minimum atomic E-state index is -4.38. The van der Waals surface area contributed by atoms with Crippen LogP contribution in [-0.4, -0.2) is 19.5 Å². The molecule has 0 bridgehead atoms. The molecule has 168 valence electrons. The molecular formula is C25H24ClF3N2O. The van der Waals surface area contributed by atoms with E-state index in [9.17, 15) is 18.0 Å². The lowest BCUT2D eigenvalue weighted by Gasteiger charge is -2.22. The second-order valence-electron chi connectivity index (χ2n) is 7.42. The summed E-state index contributed by atoms with van der Waals surface area (Å²) in [6.07, 6.45) is -3.81. The highest BCUT2D eigenvalue weighted by Gasteiger charge is 2.30. The number of carbonyl (C=O) groups excluding carboxylic acids is 1. The summed E-state index contributed by atoms with van der Waals surface area (Å²) >= 11 is 6.02. The van der Waals surface area contributed by atoms with Crippen molar-refractivity contribution in [1.29, 1.82) is 0 Å². The smallest absolute Gasteiger partial charge is 0.358 e. The van der Waals surface area contributed by atoms with Gasteiger partial charge in [0.05, 0.1) is 5.56 Å². The van der Waals surface area contributed by atoms with Gasteiger partial charge in [-0.05, 0) is 53.9 Å². The average Bonchev–Trinajstić information content (AvgIpc) is 2.80. The maximum absolute atomic E-state index is 13.0. The molecule has 3 aromatic carbocycles. The van der Waals surface area contributed by atoms with Crippen LogP contribution in [0.2, 0.25) is 5.02 Å². The number of nitrogens with one attached hydrogen (secondary N) is 2. The third-order valence-electron chi connectivity index (χ3n) is 5.34. The first-order chi connectivity index (χ1) is 15.3. The Hall–Kier alpha value is -2.83. The molecule has 3 nitrogen and oxygen atoms in total. The van der Waals surface area contributed by atoms with E-state index in [0.29, 0.717) is 18.0 Å². The quantitative estimate of drug-likeness (QED) is 0.435. The van der Waals surface area contributed by atoms with Gasteiger partial charge in [-0.2, -0.15) is 13.2 Å². The summed E-state index contributed by atoms with van der Waals surface area (Å²) in [7, 11) is 1.58. The Bertz CT molecular complexity index is 1010. The van der Waals surface area contributed by atoms with Gasteiger partial charge in [0.15, 0.2) is 0 Å². The second-order valence-corrected chi connectivity index (χ2v) is 7.86. The Balaban J connectivity index is 1.81. The van der Waals surface area contributed by atoms with E-state index in [1.165, 1.54) is 12.1 Å². The van der Waals surface area contributed by atoms with Gasteiger partial charge in [0.2, 0.25) is 5.91 Å².